The number of piperidine rings is 1. The van der Waals surface area contributed by atoms with E-state index < -0.39 is 0 Å². The van der Waals surface area contributed by atoms with Crippen LogP contribution in [0.5, 0.6) is 0 Å². The maximum atomic E-state index is 13.3. The van der Waals surface area contributed by atoms with Crippen LogP contribution < -0.4 is 11.1 Å². The van der Waals surface area contributed by atoms with Gasteiger partial charge in [0, 0.05) is 16.1 Å². The fourth-order valence-corrected chi connectivity index (χ4v) is 3.67. The summed E-state index contributed by atoms with van der Waals surface area (Å²) in [5, 5.41) is 3.66. The Morgan fingerprint density at radius 1 is 1.43 bits per heavy atom. The molecule has 3 N–H and O–H groups in total. The van der Waals surface area contributed by atoms with Gasteiger partial charge in [-0.15, -0.1) is 11.3 Å². The first-order valence-corrected chi connectivity index (χ1v) is 7.83. The molecule has 1 aromatic carbocycles. The van der Waals surface area contributed by atoms with E-state index in [4.69, 9.17) is 5.73 Å². The van der Waals surface area contributed by atoms with Crippen molar-refractivity contribution in [1.82, 2.24) is 10.2 Å². The monoisotopic (exact) mass is 307 g/mol. The second-order valence-corrected chi connectivity index (χ2v) is 6.59. The zero-order valence-corrected chi connectivity index (χ0v) is 12.7. The van der Waals surface area contributed by atoms with Gasteiger partial charge in [-0.25, -0.2) is 4.39 Å². The quantitative estimate of drug-likeness (QED) is 0.896. The van der Waals surface area contributed by atoms with Gasteiger partial charge < -0.3 is 16.0 Å². The number of halogens is 1. The highest BCUT2D eigenvalue weighted by Crippen LogP contribution is 2.34. The third kappa shape index (κ3) is 2.87. The molecule has 0 bridgehead atoms. The molecule has 0 spiro atoms. The molecule has 112 valence electrons. The fraction of sp³-hybridized carbons (Fsp3) is 0.400. The lowest BCUT2D eigenvalue weighted by Gasteiger charge is -2.29. The van der Waals surface area contributed by atoms with Crippen molar-refractivity contribution < 1.29 is 9.18 Å². The van der Waals surface area contributed by atoms with E-state index in [1.807, 2.05) is 0 Å². The number of carbonyl (C=O) groups excluding carboxylic acids is 1. The largest absolute Gasteiger partial charge is 0.397 e. The number of amides is 1. The van der Waals surface area contributed by atoms with Gasteiger partial charge >= 0.3 is 0 Å². The summed E-state index contributed by atoms with van der Waals surface area (Å²) >= 11 is 1.32. The number of fused-ring (bicyclic) bond motifs is 1. The Kier molecular flexibility index (Phi) is 3.82. The molecule has 2 aromatic rings. The zero-order chi connectivity index (χ0) is 15.0. The maximum Gasteiger partial charge on any atom is 0.263 e. The minimum atomic E-state index is -0.339. The van der Waals surface area contributed by atoms with Gasteiger partial charge in [0.25, 0.3) is 5.91 Å². The molecule has 3 rings (SSSR count). The van der Waals surface area contributed by atoms with Crippen molar-refractivity contribution in [2.24, 2.45) is 0 Å². The standard InChI is InChI=1S/C15H18FN3OS/c1-19-6-4-10(5-7-19)18-15(20)14-13(17)11-8-9(16)2-3-12(11)21-14/h2-3,8,10H,4-7,17H2,1H3,(H,18,20). The molecular formula is C15H18FN3OS. The lowest BCUT2D eigenvalue weighted by Crippen LogP contribution is -2.43. The van der Waals surface area contributed by atoms with Gasteiger partial charge in [-0.3, -0.25) is 4.79 Å². The number of thiophene rings is 1. The Morgan fingerprint density at radius 3 is 2.86 bits per heavy atom. The van der Waals surface area contributed by atoms with Crippen LogP contribution in [-0.2, 0) is 0 Å². The predicted molar refractivity (Wildman–Crippen MR) is 84.2 cm³/mol. The van der Waals surface area contributed by atoms with Gasteiger partial charge in [0.05, 0.1) is 5.69 Å². The summed E-state index contributed by atoms with van der Waals surface area (Å²) in [7, 11) is 2.08. The van der Waals surface area contributed by atoms with E-state index in [2.05, 4.69) is 17.3 Å². The molecule has 1 aromatic heterocycles. The average molecular weight is 307 g/mol. The Balaban J connectivity index is 1.80. The molecule has 1 aliphatic heterocycles. The summed E-state index contributed by atoms with van der Waals surface area (Å²) in [6, 6.07) is 4.62. The normalized spacial score (nSPS) is 17.2. The van der Waals surface area contributed by atoms with E-state index in [0.717, 1.165) is 30.6 Å². The molecule has 1 amide bonds. The van der Waals surface area contributed by atoms with Crippen LogP contribution in [0.3, 0.4) is 0 Å². The molecule has 4 nitrogen and oxygen atoms in total. The van der Waals surface area contributed by atoms with Crippen molar-refractivity contribution in [1.29, 1.82) is 0 Å². The van der Waals surface area contributed by atoms with Gasteiger partial charge in [0.1, 0.15) is 10.7 Å². The fourth-order valence-electron chi connectivity index (χ4n) is 2.66. The summed E-state index contributed by atoms with van der Waals surface area (Å²) in [6.45, 7) is 1.97. The van der Waals surface area contributed by atoms with Crippen molar-refractivity contribution in [3.8, 4) is 0 Å². The van der Waals surface area contributed by atoms with Crippen LogP contribution in [0.15, 0.2) is 18.2 Å². The van der Waals surface area contributed by atoms with Crippen LogP contribution in [0.2, 0.25) is 0 Å². The van der Waals surface area contributed by atoms with E-state index in [-0.39, 0.29) is 17.8 Å². The van der Waals surface area contributed by atoms with E-state index in [1.165, 1.54) is 23.5 Å². The number of rotatable bonds is 2. The van der Waals surface area contributed by atoms with E-state index in [1.54, 1.807) is 6.07 Å². The Hall–Kier alpha value is -1.66. The molecule has 6 heteroatoms. The number of anilines is 1. The third-order valence-corrected chi connectivity index (χ3v) is 5.13. The SMILES string of the molecule is CN1CCC(NC(=O)c2sc3ccc(F)cc3c2N)CC1. The first-order valence-electron chi connectivity index (χ1n) is 7.01. The molecule has 2 heterocycles. The van der Waals surface area contributed by atoms with E-state index in [0.29, 0.717) is 16.0 Å². The molecule has 0 atom stereocenters. The van der Waals surface area contributed by atoms with Crippen molar-refractivity contribution in [2.75, 3.05) is 25.9 Å². The second-order valence-electron chi connectivity index (χ2n) is 5.54. The summed E-state index contributed by atoms with van der Waals surface area (Å²) in [5.74, 6) is -0.488. The number of likely N-dealkylation sites (tertiary alicyclic amines) is 1. The first kappa shape index (κ1) is 14.3. The van der Waals surface area contributed by atoms with Crippen LogP contribution in [0, 0.1) is 5.82 Å². The highest BCUT2D eigenvalue weighted by atomic mass is 32.1. The molecule has 0 saturated carbocycles. The number of nitrogens with two attached hydrogens (primary N) is 1. The minimum Gasteiger partial charge on any atom is -0.397 e. The zero-order valence-electron chi connectivity index (χ0n) is 11.9. The van der Waals surface area contributed by atoms with Crippen molar-refractivity contribution in [3.05, 3.63) is 28.9 Å². The summed E-state index contributed by atoms with van der Waals surface area (Å²) in [6.07, 6.45) is 1.89. The van der Waals surface area contributed by atoms with Gasteiger partial charge in [0.15, 0.2) is 0 Å². The molecule has 21 heavy (non-hydrogen) atoms. The smallest absolute Gasteiger partial charge is 0.263 e. The summed E-state index contributed by atoms with van der Waals surface area (Å²) < 4.78 is 14.1. The predicted octanol–water partition coefficient (Wildman–Crippen LogP) is 2.45. The molecule has 1 aliphatic rings. The molecule has 1 saturated heterocycles. The van der Waals surface area contributed by atoms with Gasteiger partial charge in [-0.05, 0) is 51.2 Å². The Bertz CT molecular complexity index is 677. The maximum absolute atomic E-state index is 13.3. The van der Waals surface area contributed by atoms with Crippen molar-refractivity contribution in [2.45, 2.75) is 18.9 Å². The lowest BCUT2D eigenvalue weighted by molar-refractivity contribution is 0.0922. The van der Waals surface area contributed by atoms with Crippen molar-refractivity contribution >= 4 is 33.0 Å². The van der Waals surface area contributed by atoms with Crippen LogP contribution in [0.4, 0.5) is 10.1 Å². The molecule has 1 fully saturated rings. The topological polar surface area (TPSA) is 58.4 Å². The van der Waals surface area contributed by atoms with Crippen LogP contribution in [0.1, 0.15) is 22.5 Å². The van der Waals surface area contributed by atoms with E-state index >= 15 is 0 Å². The molecule has 0 unspecified atom stereocenters. The second kappa shape index (κ2) is 5.61. The highest BCUT2D eigenvalue weighted by Gasteiger charge is 2.22. The average Bonchev–Trinajstić information content (AvgIpc) is 2.79. The number of carbonyl (C=O) groups is 1. The molecular weight excluding hydrogens is 289 g/mol. The number of nitrogens with one attached hydrogen (secondary N) is 1. The highest BCUT2D eigenvalue weighted by molar-refractivity contribution is 7.21. The van der Waals surface area contributed by atoms with Gasteiger partial charge in [0.2, 0.25) is 0 Å². The first-order chi connectivity index (χ1) is 10.0. The van der Waals surface area contributed by atoms with Gasteiger partial charge in [-0.1, -0.05) is 0 Å². The molecule has 0 radical (unpaired) electrons. The third-order valence-electron chi connectivity index (χ3n) is 3.95. The van der Waals surface area contributed by atoms with Gasteiger partial charge in [-0.2, -0.15) is 0 Å². The van der Waals surface area contributed by atoms with E-state index in [9.17, 15) is 9.18 Å². The number of hydrogen-bond acceptors (Lipinski definition) is 4. The van der Waals surface area contributed by atoms with Crippen LogP contribution >= 0.6 is 11.3 Å². The lowest BCUT2D eigenvalue weighted by atomic mass is 10.1. The number of nitrogens with zero attached hydrogens (tertiary/aromatic N) is 1. The number of hydrogen-bond donors (Lipinski definition) is 2. The van der Waals surface area contributed by atoms with Crippen LogP contribution in [-0.4, -0.2) is 37.0 Å². The van der Waals surface area contributed by atoms with Crippen molar-refractivity contribution in [3.63, 3.8) is 0 Å². The molecule has 0 aliphatic carbocycles. The summed E-state index contributed by atoms with van der Waals surface area (Å²) in [4.78, 5) is 15.1. The van der Waals surface area contributed by atoms with Crippen LogP contribution in [0.25, 0.3) is 10.1 Å². The Morgan fingerprint density at radius 2 is 2.14 bits per heavy atom. The minimum absolute atomic E-state index is 0.149. The number of benzene rings is 1. The number of nitrogen functional groups attached to an aromatic ring is 1. The Labute approximate surface area is 126 Å². The summed E-state index contributed by atoms with van der Waals surface area (Å²) in [5.41, 5.74) is 6.39.